The van der Waals surface area contributed by atoms with Gasteiger partial charge in [0.25, 0.3) is 0 Å². The molecule has 0 unspecified atom stereocenters. The van der Waals surface area contributed by atoms with E-state index in [0.29, 0.717) is 6.54 Å². The Balaban J connectivity index is 3.03. The van der Waals surface area contributed by atoms with E-state index in [0.717, 1.165) is 0 Å². The second-order valence-corrected chi connectivity index (χ2v) is 4.68. The zero-order valence-electron chi connectivity index (χ0n) is 11.1. The molecule has 0 spiro atoms. The maximum atomic E-state index is 12.1. The first-order valence-electron chi connectivity index (χ1n) is 5.97. The molecule has 0 aliphatic rings. The maximum Gasteiger partial charge on any atom is 0.339 e. The summed E-state index contributed by atoms with van der Waals surface area (Å²) in [6.07, 6.45) is 0. The highest BCUT2D eigenvalue weighted by molar-refractivity contribution is 6.34. The van der Waals surface area contributed by atoms with Crippen LogP contribution in [-0.4, -0.2) is 34.6 Å². The molecule has 0 atom stereocenters. The van der Waals surface area contributed by atoms with Crippen molar-refractivity contribution in [3.63, 3.8) is 0 Å². The Morgan fingerprint density at radius 3 is 2.53 bits per heavy atom. The number of hydrogen-bond acceptors (Lipinski definition) is 2. The monoisotopic (exact) mass is 284 g/mol. The number of nitrogens with one attached hydrogen (secondary N) is 1. The Bertz CT molecular complexity index is 489. The van der Waals surface area contributed by atoms with E-state index in [4.69, 9.17) is 16.7 Å². The summed E-state index contributed by atoms with van der Waals surface area (Å²) in [5.74, 6) is -1.17. The fourth-order valence-corrected chi connectivity index (χ4v) is 2.03. The molecule has 0 radical (unpaired) electrons. The van der Waals surface area contributed by atoms with Gasteiger partial charge in [0, 0.05) is 12.6 Å². The number of carbonyl (C=O) groups excluding carboxylic acids is 1. The first-order chi connectivity index (χ1) is 8.88. The standard InChI is InChI=1S/C13H17ClN2O3/c1-4-16(8(2)3)13(19)15-10-7-5-6-9(14)11(10)12(17)18/h5-8H,4H2,1-3H3,(H,15,19)(H,17,18). The number of benzene rings is 1. The van der Waals surface area contributed by atoms with Gasteiger partial charge in [0.2, 0.25) is 0 Å². The number of anilines is 1. The zero-order valence-corrected chi connectivity index (χ0v) is 11.9. The summed E-state index contributed by atoms with van der Waals surface area (Å²) < 4.78 is 0. The third-order valence-electron chi connectivity index (χ3n) is 2.69. The average Bonchev–Trinajstić information content (AvgIpc) is 2.28. The van der Waals surface area contributed by atoms with Gasteiger partial charge in [-0.1, -0.05) is 17.7 Å². The number of aromatic carboxylic acids is 1. The van der Waals surface area contributed by atoms with Crippen molar-refractivity contribution in [3.8, 4) is 0 Å². The lowest BCUT2D eigenvalue weighted by atomic mass is 10.2. The minimum atomic E-state index is -1.17. The second kappa shape index (κ2) is 6.43. The molecule has 0 fully saturated rings. The minimum absolute atomic E-state index is 0.0254. The van der Waals surface area contributed by atoms with E-state index in [1.54, 1.807) is 11.0 Å². The molecule has 1 rings (SSSR count). The largest absolute Gasteiger partial charge is 0.478 e. The Labute approximate surface area is 117 Å². The lowest BCUT2D eigenvalue weighted by Crippen LogP contribution is -2.40. The van der Waals surface area contributed by atoms with Gasteiger partial charge in [-0.2, -0.15) is 0 Å². The van der Waals surface area contributed by atoms with E-state index < -0.39 is 5.97 Å². The quantitative estimate of drug-likeness (QED) is 0.891. The van der Waals surface area contributed by atoms with Crippen LogP contribution in [0.3, 0.4) is 0 Å². The van der Waals surface area contributed by atoms with Gasteiger partial charge in [-0.3, -0.25) is 0 Å². The molecule has 1 aromatic carbocycles. The van der Waals surface area contributed by atoms with Gasteiger partial charge in [0.15, 0.2) is 0 Å². The minimum Gasteiger partial charge on any atom is -0.478 e. The van der Waals surface area contributed by atoms with E-state index in [1.807, 2.05) is 20.8 Å². The van der Waals surface area contributed by atoms with Crippen molar-refractivity contribution in [2.75, 3.05) is 11.9 Å². The van der Waals surface area contributed by atoms with Crippen LogP contribution in [0.2, 0.25) is 5.02 Å². The summed E-state index contributed by atoms with van der Waals surface area (Å²) in [6.45, 7) is 6.17. The molecule has 0 heterocycles. The molecule has 2 N–H and O–H groups in total. The Hall–Kier alpha value is -1.75. The van der Waals surface area contributed by atoms with E-state index in [9.17, 15) is 9.59 Å². The topological polar surface area (TPSA) is 69.6 Å². The highest BCUT2D eigenvalue weighted by Crippen LogP contribution is 2.24. The fourth-order valence-electron chi connectivity index (χ4n) is 1.78. The molecule has 19 heavy (non-hydrogen) atoms. The van der Waals surface area contributed by atoms with Crippen molar-refractivity contribution in [1.82, 2.24) is 4.90 Å². The van der Waals surface area contributed by atoms with Crippen molar-refractivity contribution in [3.05, 3.63) is 28.8 Å². The van der Waals surface area contributed by atoms with Gasteiger partial charge < -0.3 is 15.3 Å². The Morgan fingerprint density at radius 1 is 1.42 bits per heavy atom. The maximum absolute atomic E-state index is 12.1. The third kappa shape index (κ3) is 3.61. The van der Waals surface area contributed by atoms with Crippen LogP contribution in [-0.2, 0) is 0 Å². The number of halogens is 1. The lowest BCUT2D eigenvalue weighted by molar-refractivity contribution is 0.0698. The Morgan fingerprint density at radius 2 is 2.05 bits per heavy atom. The van der Waals surface area contributed by atoms with E-state index in [-0.39, 0.29) is 28.3 Å². The van der Waals surface area contributed by atoms with Crippen LogP contribution in [0, 0.1) is 0 Å². The zero-order chi connectivity index (χ0) is 14.6. The van der Waals surface area contributed by atoms with Crippen molar-refractivity contribution < 1.29 is 14.7 Å². The first-order valence-corrected chi connectivity index (χ1v) is 6.35. The smallest absolute Gasteiger partial charge is 0.339 e. The van der Waals surface area contributed by atoms with E-state index in [2.05, 4.69) is 5.32 Å². The SMILES string of the molecule is CCN(C(=O)Nc1cccc(Cl)c1C(=O)O)C(C)C. The molecule has 0 aromatic heterocycles. The molecule has 0 saturated carbocycles. The number of carboxylic acid groups (broad SMARTS) is 1. The van der Waals surface area contributed by atoms with Gasteiger partial charge in [-0.05, 0) is 32.9 Å². The lowest BCUT2D eigenvalue weighted by Gasteiger charge is -2.25. The van der Waals surface area contributed by atoms with Crippen LogP contribution >= 0.6 is 11.6 Å². The summed E-state index contributed by atoms with van der Waals surface area (Å²) in [7, 11) is 0. The number of hydrogen-bond donors (Lipinski definition) is 2. The van der Waals surface area contributed by atoms with Gasteiger partial charge in [-0.25, -0.2) is 9.59 Å². The molecule has 0 aliphatic heterocycles. The Kier molecular flexibility index (Phi) is 5.18. The molecule has 0 saturated heterocycles. The van der Waals surface area contributed by atoms with Crippen molar-refractivity contribution in [2.45, 2.75) is 26.8 Å². The highest BCUT2D eigenvalue weighted by atomic mass is 35.5. The van der Waals surface area contributed by atoms with Crippen LogP contribution < -0.4 is 5.32 Å². The van der Waals surface area contributed by atoms with Crippen LogP contribution in [0.1, 0.15) is 31.1 Å². The predicted molar refractivity (Wildman–Crippen MR) is 74.9 cm³/mol. The normalized spacial score (nSPS) is 10.4. The van der Waals surface area contributed by atoms with Gasteiger partial charge in [-0.15, -0.1) is 0 Å². The van der Waals surface area contributed by atoms with E-state index >= 15 is 0 Å². The summed E-state index contributed by atoms with van der Waals surface area (Å²) in [5, 5.41) is 11.8. The predicted octanol–water partition coefficient (Wildman–Crippen LogP) is 3.30. The number of amides is 2. The number of nitrogens with zero attached hydrogens (tertiary/aromatic N) is 1. The molecule has 0 aliphatic carbocycles. The molecule has 5 nitrogen and oxygen atoms in total. The van der Waals surface area contributed by atoms with Crippen LogP contribution in [0.25, 0.3) is 0 Å². The average molecular weight is 285 g/mol. The number of rotatable bonds is 4. The fraction of sp³-hybridized carbons (Fsp3) is 0.385. The van der Waals surface area contributed by atoms with Crippen molar-refractivity contribution >= 4 is 29.3 Å². The summed E-state index contributed by atoms with van der Waals surface area (Å²) in [4.78, 5) is 24.8. The molecular formula is C13H17ClN2O3. The first kappa shape index (κ1) is 15.3. The van der Waals surface area contributed by atoms with Crippen molar-refractivity contribution in [2.24, 2.45) is 0 Å². The summed E-state index contributed by atoms with van der Waals surface area (Å²) in [5.41, 5.74) is 0.0985. The van der Waals surface area contributed by atoms with Crippen LogP contribution in [0.4, 0.5) is 10.5 Å². The molecule has 0 bridgehead atoms. The second-order valence-electron chi connectivity index (χ2n) is 4.28. The van der Waals surface area contributed by atoms with Gasteiger partial charge in [0.1, 0.15) is 5.56 Å². The van der Waals surface area contributed by atoms with Crippen molar-refractivity contribution in [1.29, 1.82) is 0 Å². The molecule has 2 amide bonds. The van der Waals surface area contributed by atoms with E-state index in [1.165, 1.54) is 12.1 Å². The van der Waals surface area contributed by atoms with Gasteiger partial charge >= 0.3 is 12.0 Å². The number of carbonyl (C=O) groups is 2. The number of carboxylic acids is 1. The summed E-state index contributed by atoms with van der Waals surface area (Å²) in [6, 6.07) is 4.26. The molecule has 104 valence electrons. The highest BCUT2D eigenvalue weighted by Gasteiger charge is 2.19. The number of urea groups is 1. The third-order valence-corrected chi connectivity index (χ3v) is 3.01. The van der Waals surface area contributed by atoms with Gasteiger partial charge in [0.05, 0.1) is 10.7 Å². The summed E-state index contributed by atoms with van der Waals surface area (Å²) >= 11 is 5.84. The molecular weight excluding hydrogens is 268 g/mol. The molecule has 6 heteroatoms. The molecule has 1 aromatic rings. The van der Waals surface area contributed by atoms with Crippen LogP contribution in [0.15, 0.2) is 18.2 Å². The van der Waals surface area contributed by atoms with Crippen LogP contribution in [0.5, 0.6) is 0 Å².